The van der Waals surface area contributed by atoms with Gasteiger partial charge in [0.1, 0.15) is 4.90 Å². The topological polar surface area (TPSA) is 66.6 Å². The maximum absolute atomic E-state index is 12.7. The van der Waals surface area contributed by atoms with E-state index in [4.69, 9.17) is 5.73 Å². The van der Waals surface area contributed by atoms with Crippen molar-refractivity contribution in [1.82, 2.24) is 9.21 Å². The summed E-state index contributed by atoms with van der Waals surface area (Å²) >= 11 is 0. The molecule has 5 nitrogen and oxygen atoms in total. The molecule has 112 valence electrons. The molecule has 1 aliphatic rings. The van der Waals surface area contributed by atoms with Crippen molar-refractivity contribution in [3.8, 4) is 0 Å². The number of nitrogens with zero attached hydrogens (tertiary/aromatic N) is 2. The van der Waals surface area contributed by atoms with Gasteiger partial charge in [-0.2, -0.15) is 4.31 Å². The van der Waals surface area contributed by atoms with Crippen molar-refractivity contribution in [2.45, 2.75) is 30.7 Å². The van der Waals surface area contributed by atoms with Gasteiger partial charge in [0.2, 0.25) is 10.0 Å². The fraction of sp³-hybridized carbons (Fsp3) is 0.571. The van der Waals surface area contributed by atoms with Crippen molar-refractivity contribution < 1.29 is 8.42 Å². The summed E-state index contributed by atoms with van der Waals surface area (Å²) in [7, 11) is 0.145. The van der Waals surface area contributed by atoms with Crippen LogP contribution in [-0.4, -0.2) is 50.8 Å². The second-order valence-corrected chi connectivity index (χ2v) is 7.54. The number of hydrogen-bond acceptors (Lipinski definition) is 4. The molecule has 0 spiro atoms. The van der Waals surface area contributed by atoms with Gasteiger partial charge in [0, 0.05) is 19.6 Å². The van der Waals surface area contributed by atoms with Crippen LogP contribution in [0.25, 0.3) is 0 Å². The molecule has 1 aromatic carbocycles. The lowest BCUT2D eigenvalue weighted by Crippen LogP contribution is -2.39. The summed E-state index contributed by atoms with van der Waals surface area (Å²) in [5.74, 6) is 0. The third-order valence-corrected chi connectivity index (χ3v) is 6.09. The summed E-state index contributed by atoms with van der Waals surface area (Å²) in [4.78, 5) is 2.45. The molecule has 1 heterocycles. The number of rotatable bonds is 4. The Balaban J connectivity index is 2.26. The number of hydrogen-bond donors (Lipinski definition) is 1. The monoisotopic (exact) mass is 297 g/mol. The molecule has 1 aliphatic heterocycles. The van der Waals surface area contributed by atoms with Gasteiger partial charge in [-0.3, -0.25) is 0 Å². The van der Waals surface area contributed by atoms with Crippen molar-refractivity contribution >= 4 is 15.7 Å². The molecule has 0 aliphatic carbocycles. The van der Waals surface area contributed by atoms with Crippen LogP contribution in [0.4, 0.5) is 5.69 Å². The molecule has 2 rings (SSSR count). The Kier molecular flexibility index (Phi) is 4.36. The Labute approximate surface area is 121 Å². The fourth-order valence-electron chi connectivity index (χ4n) is 2.79. The number of likely N-dealkylation sites (tertiary alicyclic amines) is 1. The van der Waals surface area contributed by atoms with Crippen molar-refractivity contribution in [3.05, 3.63) is 23.8 Å². The van der Waals surface area contributed by atoms with Crippen LogP contribution in [0.15, 0.2) is 23.1 Å². The Morgan fingerprint density at radius 3 is 2.70 bits per heavy atom. The lowest BCUT2D eigenvalue weighted by molar-refractivity contribution is 0.271. The van der Waals surface area contributed by atoms with E-state index >= 15 is 0 Å². The van der Waals surface area contributed by atoms with Crippen LogP contribution < -0.4 is 5.73 Å². The highest BCUT2D eigenvalue weighted by Gasteiger charge is 2.30. The molecule has 0 aromatic heterocycles. The van der Waals surface area contributed by atoms with E-state index in [9.17, 15) is 8.42 Å². The van der Waals surface area contributed by atoms with E-state index in [2.05, 4.69) is 4.90 Å². The van der Waals surface area contributed by atoms with Crippen LogP contribution in [0.2, 0.25) is 0 Å². The third-order valence-electron chi connectivity index (χ3n) is 4.05. The molecule has 20 heavy (non-hydrogen) atoms. The number of nitrogen functional groups attached to an aromatic ring is 1. The minimum atomic E-state index is -3.53. The largest absolute Gasteiger partial charge is 0.398 e. The molecule has 0 bridgehead atoms. The normalized spacial score (nSPS) is 20.7. The average Bonchev–Trinajstić information content (AvgIpc) is 2.74. The molecule has 1 fully saturated rings. The predicted octanol–water partition coefficient (Wildman–Crippen LogP) is 1.29. The summed E-state index contributed by atoms with van der Waals surface area (Å²) in [6.45, 7) is 3.32. The molecule has 6 heteroatoms. The van der Waals surface area contributed by atoms with E-state index in [0.717, 1.165) is 19.4 Å². The first kappa shape index (κ1) is 15.3. The Morgan fingerprint density at radius 1 is 1.45 bits per heavy atom. The van der Waals surface area contributed by atoms with E-state index < -0.39 is 10.0 Å². The SMILES string of the molecule is Cc1cccc(N)c1S(=O)(=O)N(C)CC1CCCN1C. The molecule has 1 unspecified atom stereocenters. The van der Waals surface area contributed by atoms with E-state index in [0.29, 0.717) is 23.8 Å². The summed E-state index contributed by atoms with van der Waals surface area (Å²) in [5.41, 5.74) is 6.87. The smallest absolute Gasteiger partial charge is 0.245 e. The van der Waals surface area contributed by atoms with E-state index in [1.807, 2.05) is 7.05 Å². The van der Waals surface area contributed by atoms with Gasteiger partial charge in [-0.25, -0.2) is 8.42 Å². The van der Waals surface area contributed by atoms with Crippen LogP contribution in [0.1, 0.15) is 18.4 Å². The van der Waals surface area contributed by atoms with Crippen LogP contribution in [0, 0.1) is 6.92 Å². The zero-order valence-electron chi connectivity index (χ0n) is 12.3. The van der Waals surface area contributed by atoms with E-state index in [1.54, 1.807) is 32.2 Å². The minimum absolute atomic E-state index is 0.239. The minimum Gasteiger partial charge on any atom is -0.398 e. The van der Waals surface area contributed by atoms with E-state index in [1.165, 1.54) is 4.31 Å². The molecule has 1 atom stereocenters. The van der Waals surface area contributed by atoms with Gasteiger partial charge >= 0.3 is 0 Å². The summed E-state index contributed by atoms with van der Waals surface area (Å²) in [6, 6.07) is 5.47. The van der Waals surface area contributed by atoms with Crippen molar-refractivity contribution in [2.75, 3.05) is 32.9 Å². The van der Waals surface area contributed by atoms with Gasteiger partial charge in [0.05, 0.1) is 5.69 Å². The molecular weight excluding hydrogens is 274 g/mol. The number of sulfonamides is 1. The zero-order valence-corrected chi connectivity index (χ0v) is 13.2. The van der Waals surface area contributed by atoms with Crippen LogP contribution >= 0.6 is 0 Å². The maximum atomic E-state index is 12.7. The van der Waals surface area contributed by atoms with Crippen LogP contribution in [-0.2, 0) is 10.0 Å². The first-order valence-electron chi connectivity index (χ1n) is 6.85. The van der Waals surface area contributed by atoms with Gasteiger partial charge in [-0.1, -0.05) is 12.1 Å². The van der Waals surface area contributed by atoms with Gasteiger partial charge in [-0.15, -0.1) is 0 Å². The number of aryl methyl sites for hydroxylation is 1. The number of nitrogens with two attached hydrogens (primary N) is 1. The molecular formula is C14H23N3O2S. The molecule has 1 saturated heterocycles. The second kappa shape index (κ2) is 5.71. The van der Waals surface area contributed by atoms with Crippen molar-refractivity contribution in [1.29, 1.82) is 0 Å². The second-order valence-electron chi connectivity index (χ2n) is 5.56. The quantitative estimate of drug-likeness (QED) is 0.851. The van der Waals surface area contributed by atoms with Gasteiger partial charge < -0.3 is 10.6 Å². The molecule has 0 amide bonds. The summed E-state index contributed by atoms with van der Waals surface area (Å²) in [5, 5.41) is 0. The van der Waals surface area contributed by atoms with Crippen LogP contribution in [0.5, 0.6) is 0 Å². The maximum Gasteiger partial charge on any atom is 0.245 e. The van der Waals surface area contributed by atoms with Crippen molar-refractivity contribution in [3.63, 3.8) is 0 Å². The number of likely N-dealkylation sites (N-methyl/N-ethyl adjacent to an activating group) is 2. The standard InChI is InChI=1S/C14H23N3O2S/c1-11-6-4-8-13(15)14(11)20(18,19)17(3)10-12-7-5-9-16(12)2/h4,6,8,12H,5,7,9-10,15H2,1-3H3. The van der Waals surface area contributed by atoms with Gasteiger partial charge in [0.25, 0.3) is 0 Å². The average molecular weight is 297 g/mol. The molecule has 0 saturated carbocycles. The third kappa shape index (κ3) is 2.82. The molecule has 0 radical (unpaired) electrons. The number of benzene rings is 1. The first-order valence-corrected chi connectivity index (χ1v) is 8.29. The lowest BCUT2D eigenvalue weighted by Gasteiger charge is -2.26. The fourth-order valence-corrected chi connectivity index (χ4v) is 4.31. The van der Waals surface area contributed by atoms with Crippen LogP contribution in [0.3, 0.4) is 0 Å². The summed E-state index contributed by atoms with van der Waals surface area (Å²) in [6.07, 6.45) is 2.17. The predicted molar refractivity (Wildman–Crippen MR) is 81.1 cm³/mol. The number of anilines is 1. The van der Waals surface area contributed by atoms with Crippen molar-refractivity contribution in [2.24, 2.45) is 0 Å². The molecule has 2 N–H and O–H groups in total. The first-order chi connectivity index (χ1) is 9.34. The summed E-state index contributed by atoms with van der Waals surface area (Å²) < 4.78 is 26.8. The van der Waals surface area contributed by atoms with Gasteiger partial charge in [-0.05, 0) is 45.0 Å². The van der Waals surface area contributed by atoms with E-state index in [-0.39, 0.29) is 4.90 Å². The van der Waals surface area contributed by atoms with Gasteiger partial charge in [0.15, 0.2) is 0 Å². The highest BCUT2D eigenvalue weighted by molar-refractivity contribution is 7.89. The highest BCUT2D eigenvalue weighted by Crippen LogP contribution is 2.26. The molecule has 1 aromatic rings. The highest BCUT2D eigenvalue weighted by atomic mass is 32.2. The Hall–Kier alpha value is -1.11. The lowest BCUT2D eigenvalue weighted by atomic mass is 10.2. The zero-order chi connectivity index (χ0) is 14.9. The Morgan fingerprint density at radius 2 is 2.15 bits per heavy atom. The Bertz CT molecular complexity index is 566.